The molecule has 1 aliphatic rings. The Bertz CT molecular complexity index is 1050. The molecule has 32 heavy (non-hydrogen) atoms. The molecule has 1 saturated heterocycles. The van der Waals surface area contributed by atoms with Crippen molar-refractivity contribution in [1.82, 2.24) is 20.4 Å². The van der Waals surface area contributed by atoms with E-state index < -0.39 is 0 Å². The average Bonchev–Trinajstić information content (AvgIpc) is 3.33. The van der Waals surface area contributed by atoms with Gasteiger partial charge in [-0.15, -0.1) is 0 Å². The first-order chi connectivity index (χ1) is 15.6. The van der Waals surface area contributed by atoms with E-state index in [-0.39, 0.29) is 17.9 Å². The number of piperidine rings is 1. The molecule has 3 heterocycles. The lowest BCUT2D eigenvalue weighted by Crippen LogP contribution is -2.44. The summed E-state index contributed by atoms with van der Waals surface area (Å²) >= 11 is 0. The standard InChI is InChI=1S/C24H29N5O3/c1-4-21-27-22(28-32-21)20-8-5-13-25-23(20)29-14-6-7-18(15-29)24(30)26-16(2)17-9-11-19(31-3)12-10-17/h5,8-13,16,18H,4,6-7,14-15H2,1-3H3,(H,26,30)/t16-,18-/m1/s1. The molecule has 1 aromatic carbocycles. The fourth-order valence-corrected chi connectivity index (χ4v) is 4.02. The van der Waals surface area contributed by atoms with E-state index in [2.05, 4.69) is 25.3 Å². The Hall–Kier alpha value is -3.42. The molecule has 0 saturated carbocycles. The van der Waals surface area contributed by atoms with Crippen molar-refractivity contribution in [2.24, 2.45) is 5.92 Å². The van der Waals surface area contributed by atoms with Gasteiger partial charge in [-0.1, -0.05) is 24.2 Å². The van der Waals surface area contributed by atoms with E-state index in [1.54, 1.807) is 13.3 Å². The first-order valence-corrected chi connectivity index (χ1v) is 11.1. The first kappa shape index (κ1) is 21.8. The molecule has 0 unspecified atom stereocenters. The van der Waals surface area contributed by atoms with Crippen LogP contribution < -0.4 is 15.0 Å². The van der Waals surface area contributed by atoms with Crippen molar-refractivity contribution >= 4 is 11.7 Å². The Morgan fingerprint density at radius 1 is 1.31 bits per heavy atom. The topological polar surface area (TPSA) is 93.4 Å². The summed E-state index contributed by atoms with van der Waals surface area (Å²) in [6, 6.07) is 11.5. The highest BCUT2D eigenvalue weighted by Gasteiger charge is 2.29. The number of amides is 1. The summed E-state index contributed by atoms with van der Waals surface area (Å²) in [5, 5.41) is 7.28. The van der Waals surface area contributed by atoms with E-state index in [4.69, 9.17) is 9.26 Å². The lowest BCUT2D eigenvalue weighted by molar-refractivity contribution is -0.125. The highest BCUT2D eigenvalue weighted by molar-refractivity contribution is 5.80. The van der Waals surface area contributed by atoms with Crippen LogP contribution in [-0.2, 0) is 11.2 Å². The van der Waals surface area contributed by atoms with Crippen molar-refractivity contribution in [2.75, 3.05) is 25.1 Å². The van der Waals surface area contributed by atoms with E-state index in [0.29, 0.717) is 24.7 Å². The van der Waals surface area contributed by atoms with Crippen LogP contribution in [0.3, 0.4) is 0 Å². The SMILES string of the molecule is CCc1nc(-c2cccnc2N2CCC[C@@H](C(=O)N[C@H](C)c3ccc(OC)cc3)C2)no1. The van der Waals surface area contributed by atoms with Gasteiger partial charge in [0.25, 0.3) is 0 Å². The normalized spacial score (nSPS) is 17.1. The number of methoxy groups -OCH3 is 1. The van der Waals surface area contributed by atoms with Crippen LogP contribution in [0.2, 0.25) is 0 Å². The summed E-state index contributed by atoms with van der Waals surface area (Å²) in [6.45, 7) is 5.41. The first-order valence-electron chi connectivity index (χ1n) is 11.1. The molecule has 168 valence electrons. The maximum absolute atomic E-state index is 13.1. The van der Waals surface area contributed by atoms with Crippen LogP contribution in [0.5, 0.6) is 5.75 Å². The lowest BCUT2D eigenvalue weighted by atomic mass is 9.96. The molecule has 8 heteroatoms. The Morgan fingerprint density at radius 2 is 2.12 bits per heavy atom. The van der Waals surface area contributed by atoms with Crippen molar-refractivity contribution in [3.63, 3.8) is 0 Å². The fraction of sp³-hybridized carbons (Fsp3) is 0.417. The molecule has 1 aliphatic heterocycles. The van der Waals surface area contributed by atoms with Gasteiger partial charge in [-0.3, -0.25) is 4.79 Å². The zero-order valence-corrected chi connectivity index (χ0v) is 18.7. The quantitative estimate of drug-likeness (QED) is 0.603. The third kappa shape index (κ3) is 4.74. The molecule has 1 N–H and O–H groups in total. The van der Waals surface area contributed by atoms with E-state index >= 15 is 0 Å². The maximum atomic E-state index is 13.1. The van der Waals surface area contributed by atoms with Gasteiger partial charge in [0.05, 0.1) is 24.6 Å². The van der Waals surface area contributed by atoms with Crippen LogP contribution in [0.4, 0.5) is 5.82 Å². The molecule has 0 radical (unpaired) electrons. The molecule has 2 aromatic heterocycles. The van der Waals surface area contributed by atoms with Gasteiger partial charge in [-0.05, 0) is 49.6 Å². The van der Waals surface area contributed by atoms with Crippen molar-refractivity contribution < 1.29 is 14.1 Å². The number of hydrogen-bond donors (Lipinski definition) is 1. The number of pyridine rings is 1. The van der Waals surface area contributed by atoms with Gasteiger partial charge in [-0.2, -0.15) is 4.98 Å². The van der Waals surface area contributed by atoms with Crippen molar-refractivity contribution in [2.45, 2.75) is 39.2 Å². The van der Waals surface area contributed by atoms with Crippen LogP contribution in [-0.4, -0.2) is 41.2 Å². The van der Waals surface area contributed by atoms with Gasteiger partial charge in [0.15, 0.2) is 0 Å². The summed E-state index contributed by atoms with van der Waals surface area (Å²) in [5.41, 5.74) is 1.87. The van der Waals surface area contributed by atoms with E-state index in [1.807, 2.05) is 50.2 Å². The zero-order chi connectivity index (χ0) is 22.5. The summed E-state index contributed by atoms with van der Waals surface area (Å²) in [4.78, 5) is 24.3. The molecule has 0 spiro atoms. The minimum absolute atomic E-state index is 0.0586. The molecule has 8 nitrogen and oxygen atoms in total. The number of carbonyl (C=O) groups is 1. The third-order valence-electron chi connectivity index (χ3n) is 5.86. The van der Waals surface area contributed by atoms with Gasteiger partial charge in [0.2, 0.25) is 17.6 Å². The highest BCUT2D eigenvalue weighted by Crippen LogP contribution is 2.30. The van der Waals surface area contributed by atoms with Gasteiger partial charge < -0.3 is 19.5 Å². The lowest BCUT2D eigenvalue weighted by Gasteiger charge is -2.34. The van der Waals surface area contributed by atoms with Crippen LogP contribution in [0.25, 0.3) is 11.4 Å². The molecule has 3 aromatic rings. The molecule has 1 fully saturated rings. The molecule has 2 atom stereocenters. The number of anilines is 1. The number of ether oxygens (including phenoxy) is 1. The zero-order valence-electron chi connectivity index (χ0n) is 18.7. The molecule has 0 aliphatic carbocycles. The summed E-state index contributed by atoms with van der Waals surface area (Å²) in [6.07, 6.45) is 4.20. The second-order valence-corrected chi connectivity index (χ2v) is 8.03. The van der Waals surface area contributed by atoms with Crippen LogP contribution in [0.1, 0.15) is 44.2 Å². The highest BCUT2D eigenvalue weighted by atomic mass is 16.5. The molecular formula is C24H29N5O3. The second-order valence-electron chi connectivity index (χ2n) is 8.03. The monoisotopic (exact) mass is 435 g/mol. The second kappa shape index (κ2) is 9.80. The van der Waals surface area contributed by atoms with Crippen molar-refractivity contribution in [3.05, 3.63) is 54.0 Å². The number of carbonyl (C=O) groups excluding carboxylic acids is 1. The number of nitrogens with zero attached hydrogens (tertiary/aromatic N) is 4. The summed E-state index contributed by atoms with van der Waals surface area (Å²) < 4.78 is 10.5. The number of aryl methyl sites for hydroxylation is 1. The number of aromatic nitrogens is 3. The van der Waals surface area contributed by atoms with Crippen LogP contribution >= 0.6 is 0 Å². The number of nitrogens with one attached hydrogen (secondary N) is 1. The van der Waals surface area contributed by atoms with Crippen LogP contribution in [0.15, 0.2) is 47.1 Å². The van der Waals surface area contributed by atoms with E-state index in [9.17, 15) is 4.79 Å². The third-order valence-corrected chi connectivity index (χ3v) is 5.86. The minimum Gasteiger partial charge on any atom is -0.497 e. The number of benzene rings is 1. The predicted octanol–water partition coefficient (Wildman–Crippen LogP) is 3.80. The summed E-state index contributed by atoms with van der Waals surface area (Å²) in [7, 11) is 1.64. The van der Waals surface area contributed by atoms with Gasteiger partial charge >= 0.3 is 0 Å². The maximum Gasteiger partial charge on any atom is 0.226 e. The average molecular weight is 436 g/mol. The largest absolute Gasteiger partial charge is 0.497 e. The predicted molar refractivity (Wildman–Crippen MR) is 121 cm³/mol. The van der Waals surface area contributed by atoms with Gasteiger partial charge in [-0.25, -0.2) is 4.98 Å². The molecular weight excluding hydrogens is 406 g/mol. The van der Waals surface area contributed by atoms with Crippen molar-refractivity contribution in [1.29, 1.82) is 0 Å². The number of rotatable bonds is 7. The fourth-order valence-electron chi connectivity index (χ4n) is 4.02. The van der Waals surface area contributed by atoms with E-state index in [1.165, 1.54) is 0 Å². The Kier molecular flexibility index (Phi) is 6.68. The molecule has 0 bridgehead atoms. The van der Waals surface area contributed by atoms with E-state index in [0.717, 1.165) is 42.1 Å². The Morgan fingerprint density at radius 3 is 2.84 bits per heavy atom. The molecule has 1 amide bonds. The number of hydrogen-bond acceptors (Lipinski definition) is 7. The Balaban J connectivity index is 1.46. The van der Waals surface area contributed by atoms with Gasteiger partial charge in [0.1, 0.15) is 11.6 Å². The smallest absolute Gasteiger partial charge is 0.226 e. The van der Waals surface area contributed by atoms with Crippen molar-refractivity contribution in [3.8, 4) is 17.1 Å². The summed E-state index contributed by atoms with van der Waals surface area (Å²) in [5.74, 6) is 2.66. The Labute approximate surface area is 188 Å². The minimum atomic E-state index is -0.115. The molecule has 4 rings (SSSR count). The van der Waals surface area contributed by atoms with Crippen LogP contribution in [0, 0.1) is 5.92 Å². The van der Waals surface area contributed by atoms with Gasteiger partial charge in [0, 0.05) is 25.7 Å².